The Morgan fingerprint density at radius 1 is 1.20 bits per heavy atom. The molecule has 0 amide bonds. The van der Waals surface area contributed by atoms with Crippen molar-refractivity contribution in [1.29, 1.82) is 0 Å². The number of non-ortho nitro benzene ring substituents is 1. The molecule has 106 valence electrons. The highest BCUT2D eigenvalue weighted by molar-refractivity contribution is 5.89. The molecule has 0 bridgehead atoms. The van der Waals surface area contributed by atoms with Crippen molar-refractivity contribution in [3.63, 3.8) is 0 Å². The molecule has 0 N–H and O–H groups in total. The Morgan fingerprint density at radius 3 is 2.65 bits per heavy atom. The summed E-state index contributed by atoms with van der Waals surface area (Å²) in [5.41, 5.74) is 0.304. The van der Waals surface area contributed by atoms with Crippen LogP contribution >= 0.6 is 0 Å². The lowest BCUT2D eigenvalue weighted by Gasteiger charge is -2.16. The molecule has 1 aliphatic rings. The zero-order chi connectivity index (χ0) is 14.4. The van der Waals surface area contributed by atoms with Gasteiger partial charge >= 0.3 is 5.97 Å². The Bertz CT molecular complexity index is 507. The number of hydrogen-bond acceptors (Lipinski definition) is 4. The van der Waals surface area contributed by atoms with Gasteiger partial charge in [-0.15, -0.1) is 0 Å². The molecular weight excluding hydrogens is 258 g/mol. The lowest BCUT2D eigenvalue weighted by Crippen LogP contribution is -2.17. The van der Waals surface area contributed by atoms with Crippen molar-refractivity contribution in [1.82, 2.24) is 0 Å². The smallest absolute Gasteiger partial charge is 0.338 e. The minimum absolute atomic E-state index is 0.0348. The van der Waals surface area contributed by atoms with Gasteiger partial charge in [-0.2, -0.15) is 0 Å². The summed E-state index contributed by atoms with van der Waals surface area (Å²) in [5.74, 6) is -0.435. The van der Waals surface area contributed by atoms with Crippen LogP contribution in [0.15, 0.2) is 36.4 Å². The highest BCUT2D eigenvalue weighted by Crippen LogP contribution is 2.17. The zero-order valence-electron chi connectivity index (χ0n) is 11.2. The standard InChI is InChI=1S/C15H17NO4/c17-15(12-8-10-13(11-9-12)16(18)19)20-14-6-4-2-1-3-5-7-14/h4,6,8-11,14H,1-3,5,7H2. The lowest BCUT2D eigenvalue weighted by atomic mass is 10.0. The zero-order valence-corrected chi connectivity index (χ0v) is 11.2. The fraction of sp³-hybridized carbons (Fsp3) is 0.400. The van der Waals surface area contributed by atoms with Crippen molar-refractivity contribution in [3.8, 4) is 0 Å². The van der Waals surface area contributed by atoms with Gasteiger partial charge in [-0.25, -0.2) is 4.79 Å². The summed E-state index contributed by atoms with van der Waals surface area (Å²) in [6.07, 6.45) is 9.01. The van der Waals surface area contributed by atoms with E-state index in [1.165, 1.54) is 30.7 Å². The van der Waals surface area contributed by atoms with Crippen LogP contribution in [0.2, 0.25) is 0 Å². The van der Waals surface area contributed by atoms with Crippen LogP contribution in [-0.2, 0) is 4.74 Å². The van der Waals surface area contributed by atoms with Crippen molar-refractivity contribution in [2.24, 2.45) is 0 Å². The number of ether oxygens (including phenoxy) is 1. The summed E-state index contributed by atoms with van der Waals surface area (Å²) in [6.45, 7) is 0. The molecule has 2 rings (SSSR count). The van der Waals surface area contributed by atoms with Gasteiger partial charge in [0, 0.05) is 12.1 Å². The van der Waals surface area contributed by atoms with Crippen LogP contribution in [-0.4, -0.2) is 17.0 Å². The van der Waals surface area contributed by atoms with E-state index in [0.717, 1.165) is 25.7 Å². The Kier molecular flexibility index (Phi) is 4.87. The Morgan fingerprint density at radius 2 is 1.95 bits per heavy atom. The molecule has 1 atom stereocenters. The predicted molar refractivity (Wildman–Crippen MR) is 74.5 cm³/mol. The fourth-order valence-electron chi connectivity index (χ4n) is 2.15. The Balaban J connectivity index is 1.99. The first-order chi connectivity index (χ1) is 9.66. The fourth-order valence-corrected chi connectivity index (χ4v) is 2.15. The molecule has 5 nitrogen and oxygen atoms in total. The molecule has 1 aromatic carbocycles. The number of carbonyl (C=O) groups excluding carboxylic acids is 1. The van der Waals surface area contributed by atoms with E-state index in [1.54, 1.807) is 0 Å². The average molecular weight is 275 g/mol. The number of allylic oxidation sites excluding steroid dienone is 1. The third-order valence-electron chi connectivity index (χ3n) is 3.28. The summed E-state index contributed by atoms with van der Waals surface area (Å²) in [6, 6.07) is 5.47. The molecule has 1 aliphatic carbocycles. The van der Waals surface area contributed by atoms with E-state index in [2.05, 4.69) is 0 Å². The molecule has 0 radical (unpaired) electrons. The molecule has 1 aromatic rings. The summed E-state index contributed by atoms with van der Waals surface area (Å²) >= 11 is 0. The van der Waals surface area contributed by atoms with E-state index >= 15 is 0 Å². The minimum atomic E-state index is -0.493. The first-order valence-corrected chi connectivity index (χ1v) is 6.79. The molecule has 0 fully saturated rings. The highest BCUT2D eigenvalue weighted by Gasteiger charge is 2.15. The molecular formula is C15H17NO4. The van der Waals surface area contributed by atoms with Crippen LogP contribution in [0.4, 0.5) is 5.69 Å². The number of esters is 1. The van der Waals surface area contributed by atoms with Crippen LogP contribution in [0.25, 0.3) is 0 Å². The monoisotopic (exact) mass is 275 g/mol. The quantitative estimate of drug-likeness (QED) is 0.365. The van der Waals surface area contributed by atoms with Crippen LogP contribution in [0, 0.1) is 10.1 Å². The molecule has 0 heterocycles. The number of nitrogens with zero attached hydrogens (tertiary/aromatic N) is 1. The summed E-state index contributed by atoms with van der Waals surface area (Å²) < 4.78 is 5.42. The highest BCUT2D eigenvalue weighted by atomic mass is 16.6. The third kappa shape index (κ3) is 3.91. The normalized spacial score (nSPS) is 18.9. The van der Waals surface area contributed by atoms with E-state index in [9.17, 15) is 14.9 Å². The number of carbonyl (C=O) groups is 1. The van der Waals surface area contributed by atoms with Gasteiger partial charge < -0.3 is 4.74 Å². The maximum absolute atomic E-state index is 12.0. The van der Waals surface area contributed by atoms with Crippen molar-refractivity contribution in [3.05, 3.63) is 52.1 Å². The van der Waals surface area contributed by atoms with Gasteiger partial charge in [0.25, 0.3) is 5.69 Å². The largest absolute Gasteiger partial charge is 0.455 e. The summed E-state index contributed by atoms with van der Waals surface area (Å²) in [7, 11) is 0. The van der Waals surface area contributed by atoms with E-state index in [0.29, 0.717) is 5.56 Å². The molecule has 20 heavy (non-hydrogen) atoms. The molecule has 0 aromatic heterocycles. The average Bonchev–Trinajstić information content (AvgIpc) is 2.41. The molecule has 0 spiro atoms. The number of benzene rings is 1. The van der Waals surface area contributed by atoms with Gasteiger partial charge in [-0.1, -0.05) is 12.5 Å². The minimum Gasteiger partial charge on any atom is -0.455 e. The van der Waals surface area contributed by atoms with E-state index < -0.39 is 10.9 Å². The molecule has 0 saturated heterocycles. The van der Waals surface area contributed by atoms with E-state index in [4.69, 9.17) is 4.74 Å². The second kappa shape index (κ2) is 6.84. The van der Waals surface area contributed by atoms with Crippen molar-refractivity contribution in [2.75, 3.05) is 0 Å². The van der Waals surface area contributed by atoms with Crippen molar-refractivity contribution < 1.29 is 14.5 Å². The van der Waals surface area contributed by atoms with E-state index in [1.807, 2.05) is 12.2 Å². The van der Waals surface area contributed by atoms with Gasteiger partial charge in [-0.3, -0.25) is 10.1 Å². The molecule has 0 aliphatic heterocycles. The van der Waals surface area contributed by atoms with Gasteiger partial charge in [0.1, 0.15) is 6.10 Å². The third-order valence-corrected chi connectivity index (χ3v) is 3.28. The number of rotatable bonds is 3. The second-order valence-corrected chi connectivity index (χ2v) is 4.81. The van der Waals surface area contributed by atoms with Crippen LogP contribution < -0.4 is 0 Å². The van der Waals surface area contributed by atoms with Gasteiger partial charge in [0.15, 0.2) is 0 Å². The van der Waals surface area contributed by atoms with Gasteiger partial charge in [-0.05, 0) is 43.9 Å². The van der Waals surface area contributed by atoms with Crippen LogP contribution in [0.5, 0.6) is 0 Å². The number of nitro benzene ring substituents is 1. The Labute approximate surface area is 117 Å². The predicted octanol–water partition coefficient (Wildman–Crippen LogP) is 3.64. The maximum atomic E-state index is 12.0. The summed E-state index contributed by atoms with van der Waals surface area (Å²) in [4.78, 5) is 22.0. The van der Waals surface area contributed by atoms with Gasteiger partial charge in [0.2, 0.25) is 0 Å². The lowest BCUT2D eigenvalue weighted by molar-refractivity contribution is -0.384. The van der Waals surface area contributed by atoms with E-state index in [-0.39, 0.29) is 11.8 Å². The molecule has 1 unspecified atom stereocenters. The topological polar surface area (TPSA) is 69.4 Å². The first kappa shape index (κ1) is 14.2. The van der Waals surface area contributed by atoms with Gasteiger partial charge in [0.05, 0.1) is 10.5 Å². The van der Waals surface area contributed by atoms with Crippen molar-refractivity contribution >= 4 is 11.7 Å². The molecule has 5 heteroatoms. The van der Waals surface area contributed by atoms with Crippen molar-refractivity contribution in [2.45, 2.75) is 38.2 Å². The SMILES string of the molecule is O=C(OC1C=CCCCCC1)c1ccc([N+](=O)[O-])cc1. The molecule has 0 saturated carbocycles. The maximum Gasteiger partial charge on any atom is 0.338 e. The Hall–Kier alpha value is -2.17. The van der Waals surface area contributed by atoms with Crippen LogP contribution in [0.3, 0.4) is 0 Å². The summed E-state index contributed by atoms with van der Waals surface area (Å²) in [5, 5.41) is 10.5. The van der Waals surface area contributed by atoms with Crippen LogP contribution in [0.1, 0.15) is 42.5 Å². The number of hydrogen-bond donors (Lipinski definition) is 0. The second-order valence-electron chi connectivity index (χ2n) is 4.81. The number of nitro groups is 1. The first-order valence-electron chi connectivity index (χ1n) is 6.79.